The van der Waals surface area contributed by atoms with Crippen molar-refractivity contribution in [2.75, 3.05) is 5.32 Å². The Morgan fingerprint density at radius 3 is 2.47 bits per heavy atom. The van der Waals surface area contributed by atoms with E-state index in [2.05, 4.69) is 21.2 Å². The predicted molar refractivity (Wildman–Crippen MR) is 64.1 cm³/mol. The van der Waals surface area contributed by atoms with Gasteiger partial charge in [0.15, 0.2) is 0 Å². The quantitative estimate of drug-likeness (QED) is 0.844. The molecular weight excluding hydrogens is 293 g/mol. The molecule has 0 aliphatic carbocycles. The minimum atomic E-state index is -1.54. The number of halogens is 2. The van der Waals surface area contributed by atoms with Gasteiger partial charge in [0.2, 0.25) is 5.91 Å². The Morgan fingerprint density at radius 1 is 1.41 bits per heavy atom. The molecule has 0 saturated heterocycles. The minimum absolute atomic E-state index is 0.198. The fraction of sp³-hybridized carbons (Fsp3) is 0.273. The summed E-state index contributed by atoms with van der Waals surface area (Å²) >= 11 is 2.97. The van der Waals surface area contributed by atoms with Gasteiger partial charge in [-0.05, 0) is 48.0 Å². The van der Waals surface area contributed by atoms with Crippen LogP contribution in [0.15, 0.2) is 22.7 Å². The fourth-order valence-electron chi connectivity index (χ4n) is 0.958. The number of nitrogens with one attached hydrogen (secondary N) is 1. The Kier molecular flexibility index (Phi) is 3.87. The minimum Gasteiger partial charge on any atom is -0.480 e. The number of anilines is 1. The van der Waals surface area contributed by atoms with Gasteiger partial charge < -0.3 is 10.4 Å². The van der Waals surface area contributed by atoms with E-state index in [1.54, 1.807) is 0 Å². The third-order valence-electron chi connectivity index (χ3n) is 2.28. The molecule has 0 fully saturated rings. The molecule has 6 heteroatoms. The van der Waals surface area contributed by atoms with Gasteiger partial charge in [0, 0.05) is 5.69 Å². The third-order valence-corrected chi connectivity index (χ3v) is 2.89. The van der Waals surface area contributed by atoms with E-state index in [9.17, 15) is 14.0 Å². The normalized spacial score (nSPS) is 11.1. The maximum absolute atomic E-state index is 12.9. The molecule has 0 bridgehead atoms. The van der Waals surface area contributed by atoms with Gasteiger partial charge in [-0.25, -0.2) is 4.39 Å². The molecule has 0 spiro atoms. The zero-order valence-corrected chi connectivity index (χ0v) is 10.8. The summed E-state index contributed by atoms with van der Waals surface area (Å²) in [4.78, 5) is 22.5. The highest BCUT2D eigenvalue weighted by atomic mass is 79.9. The van der Waals surface area contributed by atoms with E-state index < -0.39 is 23.1 Å². The Balaban J connectivity index is 2.89. The lowest BCUT2D eigenvalue weighted by molar-refractivity contribution is -0.151. The Morgan fingerprint density at radius 2 is 2.00 bits per heavy atom. The van der Waals surface area contributed by atoms with E-state index in [0.29, 0.717) is 5.69 Å². The van der Waals surface area contributed by atoms with Crippen LogP contribution < -0.4 is 5.32 Å². The maximum atomic E-state index is 12.9. The summed E-state index contributed by atoms with van der Waals surface area (Å²) < 4.78 is 13.1. The molecule has 0 saturated carbocycles. The fourth-order valence-corrected chi connectivity index (χ4v) is 1.34. The lowest BCUT2D eigenvalue weighted by Gasteiger charge is -2.18. The lowest BCUT2D eigenvalue weighted by Crippen LogP contribution is -2.37. The Hall–Kier alpha value is -1.43. The molecular formula is C11H11BrFNO3. The molecule has 17 heavy (non-hydrogen) atoms. The van der Waals surface area contributed by atoms with Crippen molar-refractivity contribution in [2.45, 2.75) is 13.8 Å². The average molecular weight is 304 g/mol. The number of carboxylic acid groups (broad SMARTS) is 1. The maximum Gasteiger partial charge on any atom is 0.318 e. The van der Waals surface area contributed by atoms with Gasteiger partial charge in [-0.3, -0.25) is 9.59 Å². The van der Waals surface area contributed by atoms with Crippen LogP contribution in [0.4, 0.5) is 10.1 Å². The van der Waals surface area contributed by atoms with E-state index in [0.717, 1.165) is 0 Å². The van der Waals surface area contributed by atoms with Crippen LogP contribution in [0.5, 0.6) is 0 Å². The zero-order chi connectivity index (χ0) is 13.2. The Labute approximate surface area is 106 Å². The van der Waals surface area contributed by atoms with Crippen LogP contribution in [0.25, 0.3) is 0 Å². The second-order valence-electron chi connectivity index (χ2n) is 4.01. The molecule has 0 aromatic heterocycles. The molecule has 0 unspecified atom stereocenters. The van der Waals surface area contributed by atoms with Crippen molar-refractivity contribution >= 4 is 33.5 Å². The summed E-state index contributed by atoms with van der Waals surface area (Å²) in [6.07, 6.45) is 0. The van der Waals surface area contributed by atoms with Crippen molar-refractivity contribution in [3.8, 4) is 0 Å². The van der Waals surface area contributed by atoms with Crippen molar-refractivity contribution in [3.05, 3.63) is 28.5 Å². The van der Waals surface area contributed by atoms with Crippen molar-refractivity contribution in [1.82, 2.24) is 0 Å². The van der Waals surface area contributed by atoms with E-state index in [4.69, 9.17) is 5.11 Å². The van der Waals surface area contributed by atoms with E-state index in [1.165, 1.54) is 32.0 Å². The molecule has 92 valence electrons. The second kappa shape index (κ2) is 4.83. The molecule has 0 heterocycles. The van der Waals surface area contributed by atoms with E-state index in [-0.39, 0.29) is 4.47 Å². The van der Waals surface area contributed by atoms with Gasteiger partial charge in [0.25, 0.3) is 0 Å². The summed E-state index contributed by atoms with van der Waals surface area (Å²) in [5.41, 5.74) is -1.21. The highest BCUT2D eigenvalue weighted by molar-refractivity contribution is 9.10. The number of carbonyl (C=O) groups excluding carboxylic acids is 1. The van der Waals surface area contributed by atoms with Crippen molar-refractivity contribution < 1.29 is 19.1 Å². The summed E-state index contributed by atoms with van der Waals surface area (Å²) in [5, 5.41) is 11.3. The standard InChI is InChI=1S/C11H11BrFNO3/c1-11(2,10(16)17)9(15)14-6-3-4-8(13)7(12)5-6/h3-5H,1-2H3,(H,14,15)(H,16,17). The van der Waals surface area contributed by atoms with Crippen LogP contribution in [0.2, 0.25) is 0 Å². The first-order valence-electron chi connectivity index (χ1n) is 4.75. The first-order chi connectivity index (χ1) is 7.75. The number of carboxylic acids is 1. The van der Waals surface area contributed by atoms with Gasteiger partial charge in [-0.15, -0.1) is 0 Å². The largest absolute Gasteiger partial charge is 0.480 e. The molecule has 1 aromatic carbocycles. The first-order valence-corrected chi connectivity index (χ1v) is 5.54. The van der Waals surface area contributed by atoms with Crippen LogP contribution >= 0.6 is 15.9 Å². The predicted octanol–water partition coefficient (Wildman–Crippen LogP) is 2.64. The highest BCUT2D eigenvalue weighted by Gasteiger charge is 2.36. The molecule has 2 N–H and O–H groups in total. The summed E-state index contributed by atoms with van der Waals surface area (Å²) in [5.74, 6) is -2.35. The topological polar surface area (TPSA) is 66.4 Å². The first kappa shape index (κ1) is 13.6. The molecule has 1 rings (SSSR count). The van der Waals surface area contributed by atoms with Crippen LogP contribution in [-0.2, 0) is 9.59 Å². The van der Waals surface area contributed by atoms with Gasteiger partial charge in [0.1, 0.15) is 11.2 Å². The summed E-state index contributed by atoms with van der Waals surface area (Å²) in [6, 6.07) is 3.90. The van der Waals surface area contributed by atoms with Gasteiger partial charge >= 0.3 is 5.97 Å². The van der Waals surface area contributed by atoms with Crippen LogP contribution in [0.1, 0.15) is 13.8 Å². The number of hydrogen-bond donors (Lipinski definition) is 2. The van der Waals surface area contributed by atoms with Crippen LogP contribution in [-0.4, -0.2) is 17.0 Å². The Bertz CT molecular complexity index is 474. The monoisotopic (exact) mass is 303 g/mol. The molecule has 0 radical (unpaired) electrons. The molecule has 0 aliphatic rings. The molecule has 1 aromatic rings. The number of aliphatic carboxylic acids is 1. The van der Waals surface area contributed by atoms with Crippen molar-refractivity contribution in [2.24, 2.45) is 5.41 Å². The molecule has 0 atom stereocenters. The van der Waals surface area contributed by atoms with Gasteiger partial charge in [-0.1, -0.05) is 0 Å². The molecule has 1 amide bonds. The average Bonchev–Trinajstić information content (AvgIpc) is 2.23. The summed E-state index contributed by atoms with van der Waals surface area (Å²) in [7, 11) is 0. The second-order valence-corrected chi connectivity index (χ2v) is 4.87. The number of hydrogen-bond acceptors (Lipinski definition) is 2. The number of amides is 1. The summed E-state index contributed by atoms with van der Waals surface area (Å²) in [6.45, 7) is 2.59. The van der Waals surface area contributed by atoms with Crippen LogP contribution in [0.3, 0.4) is 0 Å². The molecule has 0 aliphatic heterocycles. The number of carbonyl (C=O) groups is 2. The van der Waals surface area contributed by atoms with Crippen molar-refractivity contribution in [3.63, 3.8) is 0 Å². The number of benzene rings is 1. The van der Waals surface area contributed by atoms with E-state index >= 15 is 0 Å². The zero-order valence-electron chi connectivity index (χ0n) is 9.25. The van der Waals surface area contributed by atoms with E-state index in [1.807, 2.05) is 0 Å². The smallest absolute Gasteiger partial charge is 0.318 e. The SMILES string of the molecule is CC(C)(C(=O)O)C(=O)Nc1ccc(F)c(Br)c1. The van der Waals surface area contributed by atoms with Crippen LogP contribution in [0, 0.1) is 11.2 Å². The number of rotatable bonds is 3. The highest BCUT2D eigenvalue weighted by Crippen LogP contribution is 2.23. The molecule has 4 nitrogen and oxygen atoms in total. The van der Waals surface area contributed by atoms with Gasteiger partial charge in [0.05, 0.1) is 4.47 Å². The van der Waals surface area contributed by atoms with Gasteiger partial charge in [-0.2, -0.15) is 0 Å². The van der Waals surface area contributed by atoms with Crippen molar-refractivity contribution in [1.29, 1.82) is 0 Å². The third kappa shape index (κ3) is 3.03. The lowest BCUT2D eigenvalue weighted by atomic mass is 9.92.